The molecule has 7 nitrogen and oxygen atoms in total. The molecule has 0 saturated heterocycles. The van der Waals surface area contributed by atoms with E-state index in [9.17, 15) is 9.59 Å². The molecule has 25 heavy (non-hydrogen) atoms. The maximum absolute atomic E-state index is 12.2. The van der Waals surface area contributed by atoms with Crippen molar-refractivity contribution in [1.82, 2.24) is 10.3 Å². The maximum atomic E-state index is 12.2. The van der Waals surface area contributed by atoms with E-state index in [0.29, 0.717) is 23.9 Å². The lowest BCUT2D eigenvalue weighted by Crippen LogP contribution is -2.38. The molecular formula is C18H21N3O4. The van der Waals surface area contributed by atoms with Crippen molar-refractivity contribution in [2.24, 2.45) is 0 Å². The number of amides is 2. The number of unbranched alkanes of at least 4 members (excludes halogenated alkanes) is 1. The van der Waals surface area contributed by atoms with E-state index >= 15 is 0 Å². The molecule has 0 fully saturated rings. The molecule has 1 aliphatic heterocycles. The van der Waals surface area contributed by atoms with Gasteiger partial charge in [-0.2, -0.15) is 0 Å². The highest BCUT2D eigenvalue weighted by atomic mass is 16.5. The summed E-state index contributed by atoms with van der Waals surface area (Å²) in [6.07, 6.45) is 3.23. The summed E-state index contributed by atoms with van der Waals surface area (Å²) in [5.74, 6) is 0.510. The van der Waals surface area contributed by atoms with Crippen LogP contribution in [-0.2, 0) is 11.3 Å². The molecule has 0 bridgehead atoms. The summed E-state index contributed by atoms with van der Waals surface area (Å²) >= 11 is 0. The lowest BCUT2D eigenvalue weighted by Gasteiger charge is -2.28. The van der Waals surface area contributed by atoms with Crippen LogP contribution >= 0.6 is 0 Å². The smallest absolute Gasteiger partial charge is 0.273 e. The number of aromatic nitrogens is 1. The van der Waals surface area contributed by atoms with E-state index in [4.69, 9.17) is 9.15 Å². The third-order valence-electron chi connectivity index (χ3n) is 3.95. The zero-order valence-corrected chi connectivity index (χ0v) is 14.4. The van der Waals surface area contributed by atoms with Crippen LogP contribution in [-0.4, -0.2) is 29.9 Å². The first-order valence-corrected chi connectivity index (χ1v) is 8.35. The maximum Gasteiger partial charge on any atom is 0.273 e. The van der Waals surface area contributed by atoms with E-state index in [1.807, 2.05) is 25.1 Å². The van der Waals surface area contributed by atoms with E-state index in [-0.39, 0.29) is 30.7 Å². The number of ether oxygens (including phenoxy) is 1. The monoisotopic (exact) mass is 343 g/mol. The fourth-order valence-corrected chi connectivity index (χ4v) is 2.58. The molecular weight excluding hydrogens is 322 g/mol. The second-order valence-corrected chi connectivity index (χ2v) is 5.98. The number of fused-ring (bicyclic) bond motifs is 1. The Bertz CT molecular complexity index is 784. The second-order valence-electron chi connectivity index (χ2n) is 5.98. The van der Waals surface area contributed by atoms with Gasteiger partial charge < -0.3 is 14.5 Å². The highest BCUT2D eigenvalue weighted by Crippen LogP contribution is 2.33. The van der Waals surface area contributed by atoms with Crippen LogP contribution in [0.1, 0.15) is 41.7 Å². The van der Waals surface area contributed by atoms with Gasteiger partial charge in [0.15, 0.2) is 12.3 Å². The number of nitrogens with one attached hydrogen (secondary N) is 1. The Hall–Kier alpha value is -2.83. The van der Waals surface area contributed by atoms with Gasteiger partial charge >= 0.3 is 0 Å². The standard InChI is InChI=1S/C18H21N3O4/c1-3-4-7-19-18(23)13-10-25-16(20-13)9-21-14-8-12(2)5-6-15(14)24-11-17(21)22/h5-6,8,10H,3-4,7,9,11H2,1-2H3,(H,19,23). The molecule has 1 aromatic heterocycles. The summed E-state index contributed by atoms with van der Waals surface area (Å²) in [7, 11) is 0. The summed E-state index contributed by atoms with van der Waals surface area (Å²) in [4.78, 5) is 30.0. The predicted octanol–water partition coefficient (Wildman–Crippen LogP) is 2.44. The number of hydrogen-bond donors (Lipinski definition) is 1. The first-order chi connectivity index (χ1) is 12.1. The Morgan fingerprint density at radius 1 is 1.40 bits per heavy atom. The molecule has 1 N–H and O–H groups in total. The molecule has 132 valence electrons. The lowest BCUT2D eigenvalue weighted by molar-refractivity contribution is -0.121. The predicted molar refractivity (Wildman–Crippen MR) is 91.6 cm³/mol. The number of oxazole rings is 1. The van der Waals surface area contributed by atoms with Crippen LogP contribution in [0.3, 0.4) is 0 Å². The molecule has 1 aromatic carbocycles. The molecule has 2 aromatic rings. The fraction of sp³-hybridized carbons (Fsp3) is 0.389. The molecule has 0 atom stereocenters. The molecule has 3 rings (SSSR count). The third-order valence-corrected chi connectivity index (χ3v) is 3.95. The van der Waals surface area contributed by atoms with Gasteiger partial charge in [0.2, 0.25) is 5.89 Å². The number of benzene rings is 1. The van der Waals surface area contributed by atoms with Gasteiger partial charge in [-0.25, -0.2) is 4.98 Å². The number of aryl methyl sites for hydroxylation is 1. The van der Waals surface area contributed by atoms with Gasteiger partial charge in [-0.05, 0) is 31.0 Å². The van der Waals surface area contributed by atoms with Gasteiger partial charge in [0.05, 0.1) is 5.69 Å². The summed E-state index contributed by atoms with van der Waals surface area (Å²) in [5, 5.41) is 2.79. The zero-order valence-electron chi connectivity index (χ0n) is 14.4. The first-order valence-electron chi connectivity index (χ1n) is 8.35. The quantitative estimate of drug-likeness (QED) is 0.814. The van der Waals surface area contributed by atoms with Crippen molar-refractivity contribution in [2.75, 3.05) is 18.1 Å². The van der Waals surface area contributed by atoms with Crippen LogP contribution in [0, 0.1) is 6.92 Å². The van der Waals surface area contributed by atoms with Crippen molar-refractivity contribution in [3.05, 3.63) is 41.6 Å². The molecule has 0 unspecified atom stereocenters. The van der Waals surface area contributed by atoms with Crippen molar-refractivity contribution in [1.29, 1.82) is 0 Å². The summed E-state index contributed by atoms with van der Waals surface area (Å²) < 4.78 is 10.8. The van der Waals surface area contributed by atoms with Crippen LogP contribution in [0.2, 0.25) is 0 Å². The Balaban J connectivity index is 1.74. The van der Waals surface area contributed by atoms with Gasteiger partial charge in [-0.3, -0.25) is 14.5 Å². The minimum Gasteiger partial charge on any atom is -0.482 e. The number of anilines is 1. The third kappa shape index (κ3) is 3.81. The molecule has 0 spiro atoms. The second kappa shape index (κ2) is 7.38. The number of nitrogens with zero attached hydrogens (tertiary/aromatic N) is 2. The fourth-order valence-electron chi connectivity index (χ4n) is 2.58. The van der Waals surface area contributed by atoms with Crippen LogP contribution < -0.4 is 15.0 Å². The minimum absolute atomic E-state index is 0.0267. The summed E-state index contributed by atoms with van der Waals surface area (Å²) in [6.45, 7) is 4.73. The number of carbonyl (C=O) groups excluding carboxylic acids is 2. The molecule has 2 heterocycles. The molecule has 0 saturated carbocycles. The van der Waals surface area contributed by atoms with E-state index in [1.165, 1.54) is 6.26 Å². The zero-order chi connectivity index (χ0) is 17.8. The topological polar surface area (TPSA) is 84.7 Å². The molecule has 0 radical (unpaired) electrons. The SMILES string of the molecule is CCCCNC(=O)c1coc(CN2C(=O)COc3ccc(C)cc32)n1. The van der Waals surface area contributed by atoms with E-state index in [2.05, 4.69) is 17.2 Å². The van der Waals surface area contributed by atoms with E-state index in [1.54, 1.807) is 4.90 Å². The van der Waals surface area contributed by atoms with Gasteiger partial charge in [0.25, 0.3) is 11.8 Å². The van der Waals surface area contributed by atoms with Crippen molar-refractivity contribution >= 4 is 17.5 Å². The van der Waals surface area contributed by atoms with Gasteiger partial charge in [-0.1, -0.05) is 19.4 Å². The van der Waals surface area contributed by atoms with Crippen LogP contribution in [0.15, 0.2) is 28.9 Å². The first kappa shape index (κ1) is 17.0. The summed E-state index contributed by atoms with van der Waals surface area (Å²) in [5.41, 5.74) is 1.92. The average molecular weight is 343 g/mol. The summed E-state index contributed by atoms with van der Waals surface area (Å²) in [6, 6.07) is 5.65. The molecule has 0 aliphatic carbocycles. The van der Waals surface area contributed by atoms with Crippen LogP contribution in [0.5, 0.6) is 5.75 Å². The van der Waals surface area contributed by atoms with Crippen molar-refractivity contribution < 1.29 is 18.7 Å². The van der Waals surface area contributed by atoms with Crippen molar-refractivity contribution in [3.63, 3.8) is 0 Å². The number of rotatable bonds is 6. The van der Waals surface area contributed by atoms with Gasteiger partial charge in [0, 0.05) is 6.54 Å². The highest BCUT2D eigenvalue weighted by Gasteiger charge is 2.27. The van der Waals surface area contributed by atoms with Gasteiger partial charge in [0.1, 0.15) is 18.6 Å². The minimum atomic E-state index is -0.270. The highest BCUT2D eigenvalue weighted by molar-refractivity contribution is 5.97. The Morgan fingerprint density at radius 2 is 2.24 bits per heavy atom. The van der Waals surface area contributed by atoms with Crippen molar-refractivity contribution in [2.45, 2.75) is 33.2 Å². The van der Waals surface area contributed by atoms with Crippen LogP contribution in [0.25, 0.3) is 0 Å². The van der Waals surface area contributed by atoms with E-state index in [0.717, 1.165) is 18.4 Å². The van der Waals surface area contributed by atoms with E-state index < -0.39 is 0 Å². The normalized spacial score (nSPS) is 13.4. The lowest BCUT2D eigenvalue weighted by atomic mass is 10.1. The Morgan fingerprint density at radius 3 is 3.04 bits per heavy atom. The Labute approximate surface area is 146 Å². The molecule has 7 heteroatoms. The Kier molecular flexibility index (Phi) is 5.02. The molecule has 1 aliphatic rings. The number of hydrogen-bond acceptors (Lipinski definition) is 5. The average Bonchev–Trinajstić information content (AvgIpc) is 3.06. The molecule has 2 amide bonds. The van der Waals surface area contributed by atoms with Crippen molar-refractivity contribution in [3.8, 4) is 5.75 Å². The van der Waals surface area contributed by atoms with Gasteiger partial charge in [-0.15, -0.1) is 0 Å². The largest absolute Gasteiger partial charge is 0.482 e. The van der Waals surface area contributed by atoms with Crippen LogP contribution in [0.4, 0.5) is 5.69 Å². The number of carbonyl (C=O) groups is 2.